The summed E-state index contributed by atoms with van der Waals surface area (Å²) in [4.78, 5) is 28.3. The van der Waals surface area contributed by atoms with Crippen molar-refractivity contribution in [2.75, 3.05) is 24.2 Å². The Hall–Kier alpha value is -3.14. The van der Waals surface area contributed by atoms with Gasteiger partial charge in [-0.1, -0.05) is 44.0 Å². The molecule has 0 heterocycles. The van der Waals surface area contributed by atoms with Gasteiger partial charge < -0.3 is 15.0 Å². The summed E-state index contributed by atoms with van der Waals surface area (Å²) in [5.74, 6) is -0.943. The second kappa shape index (κ2) is 12.2. The molecule has 1 N–H and O–H groups in total. The molecule has 0 aliphatic heterocycles. The number of carbonyl (C=O) groups is 2. The Kier molecular flexibility index (Phi) is 9.31. The van der Waals surface area contributed by atoms with Crippen LogP contribution in [0.15, 0.2) is 48.5 Å². The summed E-state index contributed by atoms with van der Waals surface area (Å²) < 4.78 is 45.3. The van der Waals surface area contributed by atoms with Gasteiger partial charge in [0, 0.05) is 12.6 Å². The average molecular weight is 520 g/mol. The summed E-state index contributed by atoms with van der Waals surface area (Å²) in [6.45, 7) is 1.31. The summed E-state index contributed by atoms with van der Waals surface area (Å²) >= 11 is 0. The van der Waals surface area contributed by atoms with Gasteiger partial charge in [0.25, 0.3) is 0 Å². The van der Waals surface area contributed by atoms with Crippen molar-refractivity contribution in [1.82, 2.24) is 10.2 Å². The summed E-state index contributed by atoms with van der Waals surface area (Å²) in [6, 6.07) is 11.4. The number of anilines is 1. The van der Waals surface area contributed by atoms with Crippen LogP contribution in [0.25, 0.3) is 0 Å². The Bertz CT molecular complexity index is 1150. The molecule has 0 aromatic heterocycles. The van der Waals surface area contributed by atoms with Crippen LogP contribution < -0.4 is 14.4 Å². The molecular weight excluding hydrogens is 485 g/mol. The van der Waals surface area contributed by atoms with E-state index in [1.54, 1.807) is 43.3 Å². The van der Waals surface area contributed by atoms with Gasteiger partial charge >= 0.3 is 0 Å². The molecule has 1 saturated carbocycles. The standard InChI is InChI=1S/C26H34FN3O5S/c1-4-22(26(32)28-21-9-5-6-10-21)29(17-19-13-15-20(27)16-14-19)25(31)18-30(36(3,33)34)23-11-7-8-12-24(23)35-2/h7-8,11-16,21-22H,4-6,9-10,17-18H2,1-3H3,(H,28,32). The van der Waals surface area contributed by atoms with Crippen LogP contribution in [0.2, 0.25) is 0 Å². The van der Waals surface area contributed by atoms with Crippen LogP contribution in [0.3, 0.4) is 0 Å². The monoisotopic (exact) mass is 519 g/mol. The molecular formula is C26H34FN3O5S. The van der Waals surface area contributed by atoms with Crippen molar-refractivity contribution < 1.29 is 27.1 Å². The third-order valence-electron chi connectivity index (χ3n) is 6.39. The first-order chi connectivity index (χ1) is 17.1. The summed E-state index contributed by atoms with van der Waals surface area (Å²) in [5.41, 5.74) is 0.848. The Morgan fingerprint density at radius 3 is 2.33 bits per heavy atom. The molecule has 10 heteroatoms. The number of amides is 2. The van der Waals surface area contributed by atoms with Gasteiger partial charge in [0.05, 0.1) is 19.1 Å². The maximum Gasteiger partial charge on any atom is 0.244 e. The molecule has 1 aliphatic rings. The number of ether oxygens (including phenoxy) is 1. The van der Waals surface area contributed by atoms with E-state index in [0.717, 1.165) is 36.2 Å². The molecule has 2 aromatic carbocycles. The molecule has 2 aromatic rings. The lowest BCUT2D eigenvalue weighted by Crippen LogP contribution is -2.53. The van der Waals surface area contributed by atoms with Crippen LogP contribution >= 0.6 is 0 Å². The van der Waals surface area contributed by atoms with Gasteiger partial charge in [-0.15, -0.1) is 0 Å². The molecule has 1 fully saturated rings. The number of methoxy groups -OCH3 is 1. The lowest BCUT2D eigenvalue weighted by molar-refractivity contribution is -0.140. The fourth-order valence-electron chi connectivity index (χ4n) is 4.50. The Morgan fingerprint density at radius 2 is 1.75 bits per heavy atom. The van der Waals surface area contributed by atoms with Crippen LogP contribution in [0, 0.1) is 5.82 Å². The number of benzene rings is 2. The van der Waals surface area contributed by atoms with Gasteiger partial charge in [-0.2, -0.15) is 0 Å². The van der Waals surface area contributed by atoms with E-state index in [4.69, 9.17) is 4.74 Å². The van der Waals surface area contributed by atoms with Gasteiger partial charge in [-0.05, 0) is 49.1 Å². The molecule has 0 bridgehead atoms. The highest BCUT2D eigenvalue weighted by Crippen LogP contribution is 2.30. The third kappa shape index (κ3) is 6.96. The first-order valence-corrected chi connectivity index (χ1v) is 13.9. The van der Waals surface area contributed by atoms with Crippen molar-refractivity contribution in [1.29, 1.82) is 0 Å². The first kappa shape index (κ1) is 27.4. The van der Waals surface area contributed by atoms with E-state index < -0.39 is 34.3 Å². The third-order valence-corrected chi connectivity index (χ3v) is 7.51. The SMILES string of the molecule is CCC(C(=O)NC1CCCC1)N(Cc1ccc(F)cc1)C(=O)CN(c1ccccc1OC)S(C)(=O)=O. The van der Waals surface area contributed by atoms with E-state index >= 15 is 0 Å². The number of nitrogens with zero attached hydrogens (tertiary/aromatic N) is 2. The molecule has 0 spiro atoms. The zero-order chi connectivity index (χ0) is 26.3. The van der Waals surface area contributed by atoms with Crippen LogP contribution in [-0.4, -0.2) is 57.1 Å². The van der Waals surface area contributed by atoms with Gasteiger partial charge in [-0.3, -0.25) is 13.9 Å². The second-order valence-corrected chi connectivity index (χ2v) is 10.9. The second-order valence-electron chi connectivity index (χ2n) is 9.00. The van der Waals surface area contributed by atoms with Crippen molar-refractivity contribution in [3.63, 3.8) is 0 Å². The zero-order valence-electron chi connectivity index (χ0n) is 20.9. The molecule has 8 nitrogen and oxygen atoms in total. The molecule has 36 heavy (non-hydrogen) atoms. The Labute approximate surface area is 212 Å². The Morgan fingerprint density at radius 1 is 1.11 bits per heavy atom. The highest BCUT2D eigenvalue weighted by molar-refractivity contribution is 7.92. The van der Waals surface area contributed by atoms with Crippen molar-refractivity contribution in [2.45, 2.75) is 57.7 Å². The van der Waals surface area contributed by atoms with Gasteiger partial charge in [0.2, 0.25) is 21.8 Å². The first-order valence-electron chi connectivity index (χ1n) is 12.1. The topological polar surface area (TPSA) is 96.0 Å². The smallest absolute Gasteiger partial charge is 0.244 e. The number of rotatable bonds is 11. The van der Waals surface area contributed by atoms with E-state index in [0.29, 0.717) is 17.7 Å². The molecule has 0 saturated heterocycles. The number of carbonyl (C=O) groups excluding carboxylic acids is 2. The van der Waals surface area contributed by atoms with Crippen LogP contribution in [0.1, 0.15) is 44.6 Å². The predicted octanol–water partition coefficient (Wildman–Crippen LogP) is 3.47. The lowest BCUT2D eigenvalue weighted by atomic mass is 10.1. The minimum absolute atomic E-state index is 0.0270. The summed E-state index contributed by atoms with van der Waals surface area (Å²) in [7, 11) is -2.45. The number of hydrogen-bond donors (Lipinski definition) is 1. The predicted molar refractivity (Wildman–Crippen MR) is 137 cm³/mol. The quantitative estimate of drug-likeness (QED) is 0.491. The van der Waals surface area contributed by atoms with E-state index in [1.807, 2.05) is 0 Å². The minimum atomic E-state index is -3.87. The van der Waals surface area contributed by atoms with E-state index in [-0.39, 0.29) is 24.2 Å². The van der Waals surface area contributed by atoms with Crippen molar-refractivity contribution >= 4 is 27.5 Å². The maximum absolute atomic E-state index is 13.7. The van der Waals surface area contributed by atoms with Crippen molar-refractivity contribution in [3.8, 4) is 5.75 Å². The number of sulfonamides is 1. The van der Waals surface area contributed by atoms with Gasteiger partial charge in [0.1, 0.15) is 24.2 Å². The zero-order valence-corrected chi connectivity index (χ0v) is 21.8. The molecule has 1 atom stereocenters. The number of para-hydroxylation sites is 2. The molecule has 196 valence electrons. The van der Waals surface area contributed by atoms with Gasteiger partial charge in [-0.25, -0.2) is 12.8 Å². The number of halogens is 1. The number of nitrogens with one attached hydrogen (secondary N) is 1. The normalized spacial score (nSPS) is 14.8. The van der Waals surface area contributed by atoms with Crippen LogP contribution in [-0.2, 0) is 26.2 Å². The molecule has 1 unspecified atom stereocenters. The highest BCUT2D eigenvalue weighted by Gasteiger charge is 2.33. The van der Waals surface area contributed by atoms with Gasteiger partial charge in [0.15, 0.2) is 0 Å². The molecule has 0 radical (unpaired) electrons. The van der Waals surface area contributed by atoms with E-state index in [1.165, 1.54) is 24.1 Å². The molecule has 1 aliphatic carbocycles. The fraction of sp³-hybridized carbons (Fsp3) is 0.462. The molecule has 3 rings (SSSR count). The largest absolute Gasteiger partial charge is 0.495 e. The fourth-order valence-corrected chi connectivity index (χ4v) is 5.36. The minimum Gasteiger partial charge on any atom is -0.495 e. The van der Waals surface area contributed by atoms with Crippen LogP contribution in [0.4, 0.5) is 10.1 Å². The number of hydrogen-bond acceptors (Lipinski definition) is 5. The lowest BCUT2D eigenvalue weighted by Gasteiger charge is -2.33. The molecule has 2 amide bonds. The Balaban J connectivity index is 1.94. The highest BCUT2D eigenvalue weighted by atomic mass is 32.2. The average Bonchev–Trinajstić information content (AvgIpc) is 3.35. The van der Waals surface area contributed by atoms with Crippen LogP contribution in [0.5, 0.6) is 5.75 Å². The summed E-state index contributed by atoms with van der Waals surface area (Å²) in [6.07, 6.45) is 5.22. The van der Waals surface area contributed by atoms with Crippen molar-refractivity contribution in [3.05, 3.63) is 59.9 Å². The van der Waals surface area contributed by atoms with E-state index in [2.05, 4.69) is 5.32 Å². The maximum atomic E-state index is 13.7. The summed E-state index contributed by atoms with van der Waals surface area (Å²) in [5, 5.41) is 3.05. The van der Waals surface area contributed by atoms with E-state index in [9.17, 15) is 22.4 Å². The van der Waals surface area contributed by atoms with Crippen molar-refractivity contribution in [2.24, 2.45) is 0 Å².